The summed E-state index contributed by atoms with van der Waals surface area (Å²) in [6, 6.07) is 0. The first kappa shape index (κ1) is 14.0. The van der Waals surface area contributed by atoms with E-state index in [4.69, 9.17) is 27.9 Å². The fourth-order valence-electron chi connectivity index (χ4n) is 2.31. The van der Waals surface area contributed by atoms with E-state index in [-0.39, 0.29) is 28.0 Å². The maximum Gasteiger partial charge on any atom is 0.233 e. The Hall–Kier alpha value is -1.98. The highest BCUT2D eigenvalue weighted by atomic mass is 35.5. The van der Waals surface area contributed by atoms with E-state index in [0.717, 1.165) is 0 Å². The van der Waals surface area contributed by atoms with Gasteiger partial charge in [0, 0.05) is 0 Å². The molecule has 0 fully saturated rings. The van der Waals surface area contributed by atoms with Gasteiger partial charge in [-0.1, -0.05) is 23.2 Å². The number of aromatic hydroxyl groups is 2. The molecule has 1 aromatic carbocycles. The van der Waals surface area contributed by atoms with Crippen LogP contribution in [0.3, 0.4) is 0 Å². The van der Waals surface area contributed by atoms with E-state index in [1.807, 2.05) is 0 Å². The molecule has 0 amide bonds. The quantitative estimate of drug-likeness (QED) is 0.716. The third kappa shape index (κ3) is 1.78. The summed E-state index contributed by atoms with van der Waals surface area (Å²) in [7, 11) is 0. The molecule has 1 heterocycles. The monoisotopic (exact) mass is 326 g/mol. The molecule has 0 radical (unpaired) electrons. The van der Waals surface area contributed by atoms with Gasteiger partial charge in [-0.25, -0.2) is 0 Å². The molecule has 0 bridgehead atoms. The second-order valence-electron chi connectivity index (χ2n) is 4.66. The molecule has 2 aliphatic rings. The average Bonchev–Trinajstić information content (AvgIpc) is 2.46. The van der Waals surface area contributed by atoms with Gasteiger partial charge in [0.15, 0.2) is 5.76 Å². The Morgan fingerprint density at radius 1 is 1.05 bits per heavy atom. The summed E-state index contributed by atoms with van der Waals surface area (Å²) in [5.74, 6) is -2.83. The minimum absolute atomic E-state index is 0.0127. The van der Waals surface area contributed by atoms with Gasteiger partial charge in [-0.05, 0) is 19.1 Å². The maximum atomic E-state index is 12.4. The van der Waals surface area contributed by atoms with Crippen molar-refractivity contribution in [3.05, 3.63) is 44.7 Å². The fourth-order valence-corrected chi connectivity index (χ4v) is 2.67. The number of Topliss-reactive ketones (excluding diaryl/α,β-unsaturated/α-hetero) is 2. The van der Waals surface area contributed by atoms with Crippen molar-refractivity contribution < 1.29 is 24.5 Å². The van der Waals surface area contributed by atoms with E-state index in [1.165, 1.54) is 6.08 Å². The lowest BCUT2D eigenvalue weighted by molar-refractivity contribution is 0.0818. The van der Waals surface area contributed by atoms with Crippen molar-refractivity contribution in [2.75, 3.05) is 0 Å². The SMILES string of the molecule is CC1C=CC2=C(O1)C(=O)c1c(O)c(Cl)c(Cl)c(O)c1C2=O. The second kappa shape index (κ2) is 4.51. The van der Waals surface area contributed by atoms with Crippen LogP contribution < -0.4 is 0 Å². The van der Waals surface area contributed by atoms with Crippen molar-refractivity contribution in [1.29, 1.82) is 0 Å². The van der Waals surface area contributed by atoms with Crippen LogP contribution in [0.4, 0.5) is 0 Å². The Labute approximate surface area is 129 Å². The van der Waals surface area contributed by atoms with Gasteiger partial charge >= 0.3 is 0 Å². The van der Waals surface area contributed by atoms with Crippen molar-refractivity contribution in [2.24, 2.45) is 0 Å². The molecule has 5 nitrogen and oxygen atoms in total. The summed E-state index contributed by atoms with van der Waals surface area (Å²) in [5, 5.41) is 19.2. The molecule has 0 aromatic heterocycles. The lowest BCUT2D eigenvalue weighted by Crippen LogP contribution is -2.27. The van der Waals surface area contributed by atoms with E-state index in [2.05, 4.69) is 0 Å². The van der Waals surface area contributed by atoms with Crippen LogP contribution in [0.5, 0.6) is 11.5 Å². The number of phenols is 2. The van der Waals surface area contributed by atoms with Crippen LogP contribution in [0.1, 0.15) is 27.6 Å². The molecule has 1 unspecified atom stereocenters. The third-order valence-corrected chi connectivity index (χ3v) is 4.15. The van der Waals surface area contributed by atoms with Crippen LogP contribution in [-0.4, -0.2) is 27.9 Å². The zero-order valence-corrected chi connectivity index (χ0v) is 12.1. The largest absolute Gasteiger partial charge is 0.506 e. The van der Waals surface area contributed by atoms with Crippen LogP contribution in [-0.2, 0) is 4.74 Å². The number of benzene rings is 1. The van der Waals surface area contributed by atoms with Gasteiger partial charge in [0.2, 0.25) is 11.6 Å². The second-order valence-corrected chi connectivity index (χ2v) is 5.41. The topological polar surface area (TPSA) is 83.8 Å². The highest BCUT2D eigenvalue weighted by Gasteiger charge is 2.40. The Kier molecular flexibility index (Phi) is 3.00. The molecule has 7 heteroatoms. The van der Waals surface area contributed by atoms with Gasteiger partial charge in [0.1, 0.15) is 27.6 Å². The number of hydrogen-bond donors (Lipinski definition) is 2. The predicted molar refractivity (Wildman–Crippen MR) is 75.2 cm³/mol. The van der Waals surface area contributed by atoms with Gasteiger partial charge in [-0.3, -0.25) is 9.59 Å². The number of rotatable bonds is 0. The van der Waals surface area contributed by atoms with Crippen LogP contribution in [0, 0.1) is 0 Å². The van der Waals surface area contributed by atoms with Crippen LogP contribution in [0.25, 0.3) is 0 Å². The summed E-state index contributed by atoms with van der Waals surface area (Å²) in [4.78, 5) is 24.9. The number of allylic oxidation sites excluding steroid dienone is 3. The van der Waals surface area contributed by atoms with Gasteiger partial charge < -0.3 is 14.9 Å². The standard InChI is InChI=1S/C14H8Cl2O5/c1-4-2-3-5-10(17)6-7(13(20)14(5)21-4)12(19)9(16)8(15)11(6)18/h2-4,18-19H,1H3. The summed E-state index contributed by atoms with van der Waals surface area (Å²) >= 11 is 11.5. The van der Waals surface area contributed by atoms with E-state index in [0.29, 0.717) is 0 Å². The van der Waals surface area contributed by atoms with Gasteiger partial charge in [0.05, 0.1) is 16.7 Å². The molecule has 2 N–H and O–H groups in total. The number of halogens is 2. The number of fused-ring (bicyclic) bond motifs is 1. The number of ether oxygens (including phenoxy) is 1. The average molecular weight is 327 g/mol. The zero-order valence-electron chi connectivity index (χ0n) is 10.6. The fraction of sp³-hybridized carbons (Fsp3) is 0.143. The number of ketones is 2. The van der Waals surface area contributed by atoms with Crippen molar-refractivity contribution in [1.82, 2.24) is 0 Å². The molecular formula is C14H8Cl2O5. The highest BCUT2D eigenvalue weighted by Crippen LogP contribution is 2.48. The number of carbonyl (C=O) groups excluding carboxylic acids is 2. The first-order valence-corrected chi connectivity index (χ1v) is 6.71. The summed E-state index contributed by atoms with van der Waals surface area (Å²) in [6.07, 6.45) is 2.66. The van der Waals surface area contributed by atoms with Gasteiger partial charge in [0.25, 0.3) is 0 Å². The molecule has 1 aromatic rings. The summed E-state index contributed by atoms with van der Waals surface area (Å²) in [5.41, 5.74) is -0.750. The smallest absolute Gasteiger partial charge is 0.233 e. The van der Waals surface area contributed by atoms with Crippen LogP contribution >= 0.6 is 23.2 Å². The molecule has 0 saturated carbocycles. The number of carbonyl (C=O) groups is 2. The Balaban J connectivity index is 2.35. The van der Waals surface area contributed by atoms with Crippen molar-refractivity contribution >= 4 is 34.8 Å². The predicted octanol–water partition coefficient (Wildman–Crippen LogP) is 3.01. The molecule has 21 heavy (non-hydrogen) atoms. The van der Waals surface area contributed by atoms with Crippen LogP contribution in [0.15, 0.2) is 23.5 Å². The minimum atomic E-state index is -0.720. The Bertz CT molecular complexity index is 776. The molecule has 0 spiro atoms. The third-order valence-electron chi connectivity index (χ3n) is 3.32. The molecule has 0 saturated heterocycles. The van der Waals surface area contributed by atoms with Gasteiger partial charge in [-0.2, -0.15) is 0 Å². The first-order chi connectivity index (χ1) is 9.84. The van der Waals surface area contributed by atoms with Crippen molar-refractivity contribution in [3.63, 3.8) is 0 Å². The van der Waals surface area contributed by atoms with Crippen molar-refractivity contribution in [3.8, 4) is 11.5 Å². The minimum Gasteiger partial charge on any atom is -0.506 e. The molecule has 3 rings (SSSR count). The van der Waals surface area contributed by atoms with Crippen LogP contribution in [0.2, 0.25) is 10.0 Å². The molecular weight excluding hydrogens is 319 g/mol. The lowest BCUT2D eigenvalue weighted by atomic mass is 9.85. The Morgan fingerprint density at radius 3 is 2.14 bits per heavy atom. The van der Waals surface area contributed by atoms with Gasteiger partial charge in [-0.15, -0.1) is 0 Å². The number of hydrogen-bond acceptors (Lipinski definition) is 5. The number of phenolic OH excluding ortho intramolecular Hbond substituents is 2. The molecule has 1 aliphatic heterocycles. The Morgan fingerprint density at radius 2 is 1.57 bits per heavy atom. The summed E-state index contributed by atoms with van der Waals surface area (Å²) < 4.78 is 5.35. The van der Waals surface area contributed by atoms with E-state index in [9.17, 15) is 19.8 Å². The molecule has 108 valence electrons. The van der Waals surface area contributed by atoms with E-state index in [1.54, 1.807) is 13.0 Å². The van der Waals surface area contributed by atoms with E-state index < -0.39 is 33.7 Å². The summed E-state index contributed by atoms with van der Waals surface area (Å²) in [6.45, 7) is 1.69. The van der Waals surface area contributed by atoms with Crippen molar-refractivity contribution in [2.45, 2.75) is 13.0 Å². The molecule has 1 atom stereocenters. The maximum absolute atomic E-state index is 12.4. The zero-order chi connectivity index (χ0) is 15.5. The highest BCUT2D eigenvalue weighted by molar-refractivity contribution is 6.46. The van der Waals surface area contributed by atoms with E-state index >= 15 is 0 Å². The normalized spacial score (nSPS) is 20.2. The lowest BCUT2D eigenvalue weighted by Gasteiger charge is -2.26. The first-order valence-electron chi connectivity index (χ1n) is 5.96. The molecule has 1 aliphatic carbocycles.